The van der Waals surface area contributed by atoms with Crippen LogP contribution >= 0.6 is 11.6 Å². The van der Waals surface area contributed by atoms with Gasteiger partial charge < -0.3 is 14.8 Å². The predicted octanol–water partition coefficient (Wildman–Crippen LogP) is 4.96. The summed E-state index contributed by atoms with van der Waals surface area (Å²) in [6.45, 7) is 10.0. The third-order valence-electron chi connectivity index (χ3n) is 6.16. The van der Waals surface area contributed by atoms with Crippen molar-refractivity contribution in [2.45, 2.75) is 65.8 Å². The molecule has 1 aliphatic carbocycles. The quantitative estimate of drug-likeness (QED) is 0.681. The van der Waals surface area contributed by atoms with Crippen LogP contribution in [0.2, 0.25) is 5.02 Å². The maximum Gasteiger partial charge on any atom is 0.316 e. The summed E-state index contributed by atoms with van der Waals surface area (Å²) in [5, 5.41) is 3.81. The van der Waals surface area contributed by atoms with Crippen LogP contribution in [0.25, 0.3) is 5.57 Å². The lowest BCUT2D eigenvalue weighted by Gasteiger charge is -2.38. The third kappa shape index (κ3) is 4.28. The summed E-state index contributed by atoms with van der Waals surface area (Å²) in [5.74, 6) is 0.386. The van der Waals surface area contributed by atoms with Gasteiger partial charge in [-0.3, -0.25) is 9.59 Å². The molecule has 30 heavy (non-hydrogen) atoms. The van der Waals surface area contributed by atoms with Gasteiger partial charge >= 0.3 is 5.97 Å². The molecule has 0 saturated heterocycles. The fraction of sp³-hybridized carbons (Fsp3) is 0.583. The highest BCUT2D eigenvalue weighted by Crippen LogP contribution is 2.46. The molecule has 1 aromatic carbocycles. The first-order chi connectivity index (χ1) is 14.0. The van der Waals surface area contributed by atoms with Gasteiger partial charge in [-0.25, -0.2) is 0 Å². The van der Waals surface area contributed by atoms with E-state index in [4.69, 9.17) is 21.1 Å². The van der Waals surface area contributed by atoms with Gasteiger partial charge in [0.25, 0.3) is 5.91 Å². The number of hydrogen-bond donors (Lipinski definition) is 1. The molecule has 0 aromatic heterocycles. The summed E-state index contributed by atoms with van der Waals surface area (Å²) >= 11 is 6.22. The van der Waals surface area contributed by atoms with E-state index in [0.717, 1.165) is 29.5 Å². The number of carbonyl (C=O) groups excluding carboxylic acids is 2. The van der Waals surface area contributed by atoms with E-state index in [1.807, 2.05) is 46.8 Å². The van der Waals surface area contributed by atoms with Crippen LogP contribution in [-0.2, 0) is 19.1 Å². The zero-order valence-electron chi connectivity index (χ0n) is 18.8. The molecule has 1 saturated carbocycles. The maximum absolute atomic E-state index is 13.3. The Morgan fingerprint density at radius 2 is 1.77 bits per heavy atom. The van der Waals surface area contributed by atoms with Crippen molar-refractivity contribution in [1.82, 2.24) is 5.32 Å². The Kier molecular flexibility index (Phi) is 6.35. The maximum atomic E-state index is 13.3. The van der Waals surface area contributed by atoms with Gasteiger partial charge in [-0.1, -0.05) is 11.6 Å². The fourth-order valence-electron chi connectivity index (χ4n) is 4.53. The number of rotatable bonds is 4. The molecule has 1 aliphatic heterocycles. The van der Waals surface area contributed by atoms with Crippen molar-refractivity contribution in [2.75, 3.05) is 13.7 Å². The molecule has 0 radical (unpaired) electrons. The average molecular weight is 434 g/mol. The van der Waals surface area contributed by atoms with Crippen molar-refractivity contribution < 1.29 is 19.1 Å². The first-order valence-corrected chi connectivity index (χ1v) is 10.9. The van der Waals surface area contributed by atoms with Gasteiger partial charge in [0.15, 0.2) is 0 Å². The number of methoxy groups -OCH3 is 1. The Bertz CT molecular complexity index is 866. The molecule has 1 fully saturated rings. The number of esters is 1. The van der Waals surface area contributed by atoms with Crippen LogP contribution in [0.15, 0.2) is 17.9 Å². The number of benzene rings is 1. The highest BCUT2D eigenvalue weighted by Gasteiger charge is 2.50. The van der Waals surface area contributed by atoms with Crippen molar-refractivity contribution in [1.29, 1.82) is 0 Å². The molecule has 0 bridgehead atoms. The monoisotopic (exact) mass is 433 g/mol. The van der Waals surface area contributed by atoms with E-state index in [1.54, 1.807) is 7.11 Å². The van der Waals surface area contributed by atoms with Gasteiger partial charge in [-0.15, -0.1) is 0 Å². The highest BCUT2D eigenvalue weighted by atomic mass is 35.5. The van der Waals surface area contributed by atoms with Crippen molar-refractivity contribution >= 4 is 29.1 Å². The summed E-state index contributed by atoms with van der Waals surface area (Å²) in [4.78, 5) is 26.2. The van der Waals surface area contributed by atoms with Gasteiger partial charge in [-0.2, -0.15) is 0 Å². The van der Waals surface area contributed by atoms with Crippen molar-refractivity contribution in [3.05, 3.63) is 39.6 Å². The van der Waals surface area contributed by atoms with Crippen molar-refractivity contribution in [3.63, 3.8) is 0 Å². The van der Waals surface area contributed by atoms with E-state index in [2.05, 4.69) is 5.32 Å². The average Bonchev–Trinajstić information content (AvgIpc) is 2.88. The van der Waals surface area contributed by atoms with Crippen molar-refractivity contribution in [3.8, 4) is 0 Å². The molecule has 1 heterocycles. The number of aryl methyl sites for hydroxylation is 2. The number of amides is 1. The topological polar surface area (TPSA) is 64.6 Å². The Balaban J connectivity index is 2.12. The van der Waals surface area contributed by atoms with E-state index in [-0.39, 0.29) is 11.9 Å². The lowest BCUT2D eigenvalue weighted by atomic mass is 9.75. The Morgan fingerprint density at radius 3 is 2.27 bits per heavy atom. The molecular weight excluding hydrogens is 402 g/mol. The summed E-state index contributed by atoms with van der Waals surface area (Å²) in [6.07, 6.45) is 3.23. The van der Waals surface area contributed by atoms with Crippen LogP contribution in [0.5, 0.6) is 0 Å². The first-order valence-electron chi connectivity index (χ1n) is 10.5. The second-order valence-corrected chi connectivity index (χ2v) is 10.1. The van der Waals surface area contributed by atoms with Crippen LogP contribution < -0.4 is 5.32 Å². The lowest BCUT2D eigenvalue weighted by molar-refractivity contribution is -0.150. The van der Waals surface area contributed by atoms with E-state index in [0.29, 0.717) is 41.7 Å². The molecule has 5 nitrogen and oxygen atoms in total. The number of nitrogens with one attached hydrogen (secondary N) is 1. The standard InChI is InChI=1S/C24H32ClNO4/c1-14-11-17(25)12-15(2)18(14)19-20(30-22(28)23(3,4)5)24(26-21(19)27)9-7-16(8-10-24)13-29-6/h11-12,16H,7-10,13H2,1-6H3,(H,26,27). The molecule has 2 aliphatic rings. The molecule has 1 aromatic rings. The Morgan fingerprint density at radius 1 is 1.20 bits per heavy atom. The summed E-state index contributed by atoms with van der Waals surface area (Å²) in [5.41, 5.74) is 1.70. The zero-order chi connectivity index (χ0) is 22.3. The minimum absolute atomic E-state index is 0.189. The number of hydrogen-bond acceptors (Lipinski definition) is 4. The largest absolute Gasteiger partial charge is 0.427 e. The Hall–Kier alpha value is -1.85. The molecule has 0 unspecified atom stereocenters. The smallest absolute Gasteiger partial charge is 0.316 e. The molecule has 3 rings (SSSR count). The molecule has 6 heteroatoms. The minimum Gasteiger partial charge on any atom is -0.427 e. The van der Waals surface area contributed by atoms with Crippen LogP contribution in [0.1, 0.15) is 63.1 Å². The summed E-state index contributed by atoms with van der Waals surface area (Å²) in [6, 6.07) is 3.68. The number of ether oxygens (including phenoxy) is 2. The molecule has 1 amide bonds. The van der Waals surface area contributed by atoms with Gasteiger partial charge in [0.1, 0.15) is 5.76 Å². The van der Waals surface area contributed by atoms with Gasteiger partial charge in [0.2, 0.25) is 0 Å². The molecule has 1 N–H and O–H groups in total. The first kappa shape index (κ1) is 22.8. The van der Waals surface area contributed by atoms with E-state index in [1.165, 1.54) is 0 Å². The van der Waals surface area contributed by atoms with Crippen LogP contribution in [0.4, 0.5) is 0 Å². The second kappa shape index (κ2) is 8.35. The number of carbonyl (C=O) groups is 2. The second-order valence-electron chi connectivity index (χ2n) is 9.69. The molecule has 0 atom stereocenters. The summed E-state index contributed by atoms with van der Waals surface area (Å²) < 4.78 is 11.4. The highest BCUT2D eigenvalue weighted by molar-refractivity contribution is 6.31. The van der Waals surface area contributed by atoms with Crippen molar-refractivity contribution in [2.24, 2.45) is 11.3 Å². The van der Waals surface area contributed by atoms with E-state index >= 15 is 0 Å². The van der Waals surface area contributed by atoms with Gasteiger partial charge in [0.05, 0.1) is 16.5 Å². The fourth-order valence-corrected chi connectivity index (χ4v) is 4.86. The van der Waals surface area contributed by atoms with Crippen LogP contribution in [-0.4, -0.2) is 31.1 Å². The SMILES string of the molecule is COCC1CCC2(CC1)NC(=O)C(c1c(C)cc(Cl)cc1C)=C2OC(=O)C(C)(C)C. The van der Waals surface area contributed by atoms with Gasteiger partial charge in [-0.05, 0) is 95.0 Å². The zero-order valence-corrected chi connectivity index (χ0v) is 19.5. The molecule has 1 spiro atoms. The lowest BCUT2D eigenvalue weighted by Crippen LogP contribution is -2.48. The number of halogens is 1. The van der Waals surface area contributed by atoms with Crippen LogP contribution in [0.3, 0.4) is 0 Å². The predicted molar refractivity (Wildman–Crippen MR) is 118 cm³/mol. The van der Waals surface area contributed by atoms with E-state index in [9.17, 15) is 9.59 Å². The Labute approximate surface area is 184 Å². The molecule has 164 valence electrons. The van der Waals surface area contributed by atoms with Crippen LogP contribution in [0, 0.1) is 25.2 Å². The normalized spacial score (nSPS) is 24.4. The van der Waals surface area contributed by atoms with E-state index < -0.39 is 11.0 Å². The third-order valence-corrected chi connectivity index (χ3v) is 6.38. The minimum atomic E-state index is -0.678. The van der Waals surface area contributed by atoms with Gasteiger partial charge in [0, 0.05) is 18.7 Å². The molecular formula is C24H32ClNO4. The summed E-state index contributed by atoms with van der Waals surface area (Å²) in [7, 11) is 1.71.